The highest BCUT2D eigenvalue weighted by Crippen LogP contribution is 2.22. The van der Waals surface area contributed by atoms with Crippen LogP contribution in [0.4, 0.5) is 11.4 Å². The standard InChI is InChI=1S/C15H12ClN3O5S/c1-24-15(21)11-6-9(2-4-12(11)16)18-13(20)8-25-14-5-3-10(7-17-14)19(22)23/h2-7H,8H2,1H3,(H,18,20). The number of carbonyl (C=O) groups excluding carboxylic acids is 2. The first-order chi connectivity index (χ1) is 11.9. The molecule has 10 heteroatoms. The molecule has 0 saturated carbocycles. The third-order valence-corrected chi connectivity index (χ3v) is 4.21. The minimum absolute atomic E-state index is 0.0427. The zero-order valence-corrected chi connectivity index (χ0v) is 14.5. The summed E-state index contributed by atoms with van der Waals surface area (Å²) in [7, 11) is 1.23. The second-order valence-electron chi connectivity index (χ2n) is 4.63. The Balaban J connectivity index is 1.96. The molecule has 0 bridgehead atoms. The molecule has 0 unspecified atom stereocenters. The van der Waals surface area contributed by atoms with Crippen LogP contribution in [-0.2, 0) is 9.53 Å². The Morgan fingerprint density at radius 3 is 2.72 bits per heavy atom. The molecule has 0 saturated heterocycles. The van der Waals surface area contributed by atoms with Crippen LogP contribution < -0.4 is 5.32 Å². The van der Waals surface area contributed by atoms with Crippen molar-refractivity contribution in [1.29, 1.82) is 0 Å². The van der Waals surface area contributed by atoms with Gasteiger partial charge in [-0.05, 0) is 24.3 Å². The van der Waals surface area contributed by atoms with Crippen molar-refractivity contribution in [2.75, 3.05) is 18.2 Å². The van der Waals surface area contributed by atoms with Gasteiger partial charge in [-0.15, -0.1) is 0 Å². The summed E-state index contributed by atoms with van der Waals surface area (Å²) in [6.45, 7) is 0. The highest BCUT2D eigenvalue weighted by atomic mass is 35.5. The van der Waals surface area contributed by atoms with Crippen LogP contribution in [0.25, 0.3) is 0 Å². The van der Waals surface area contributed by atoms with E-state index >= 15 is 0 Å². The van der Waals surface area contributed by atoms with E-state index in [0.29, 0.717) is 10.7 Å². The van der Waals surface area contributed by atoms with Gasteiger partial charge in [0.25, 0.3) is 5.69 Å². The number of anilines is 1. The average molecular weight is 382 g/mol. The van der Waals surface area contributed by atoms with Crippen LogP contribution in [0, 0.1) is 10.1 Å². The zero-order chi connectivity index (χ0) is 18.4. The molecule has 0 atom stereocenters. The molecule has 0 radical (unpaired) electrons. The van der Waals surface area contributed by atoms with E-state index in [1.54, 1.807) is 6.07 Å². The second-order valence-corrected chi connectivity index (χ2v) is 6.04. The van der Waals surface area contributed by atoms with Crippen LogP contribution in [0.2, 0.25) is 5.02 Å². The van der Waals surface area contributed by atoms with Crippen LogP contribution in [0.1, 0.15) is 10.4 Å². The van der Waals surface area contributed by atoms with Crippen molar-refractivity contribution >= 4 is 46.6 Å². The number of benzene rings is 1. The van der Waals surface area contributed by atoms with E-state index in [0.717, 1.165) is 18.0 Å². The van der Waals surface area contributed by atoms with E-state index in [-0.39, 0.29) is 27.9 Å². The topological polar surface area (TPSA) is 111 Å². The minimum Gasteiger partial charge on any atom is -0.465 e. The molecule has 1 amide bonds. The quantitative estimate of drug-likeness (QED) is 0.354. The molecule has 0 aliphatic carbocycles. The summed E-state index contributed by atoms with van der Waals surface area (Å²) in [4.78, 5) is 37.5. The third kappa shape index (κ3) is 5.16. The van der Waals surface area contributed by atoms with Crippen LogP contribution in [-0.4, -0.2) is 34.6 Å². The molecule has 0 aliphatic heterocycles. The fourth-order valence-corrected chi connectivity index (χ4v) is 2.61. The normalized spacial score (nSPS) is 10.2. The van der Waals surface area contributed by atoms with Crippen molar-refractivity contribution in [3.8, 4) is 0 Å². The van der Waals surface area contributed by atoms with Crippen LogP contribution in [0.15, 0.2) is 41.6 Å². The zero-order valence-electron chi connectivity index (χ0n) is 12.9. The van der Waals surface area contributed by atoms with Gasteiger partial charge in [-0.1, -0.05) is 23.4 Å². The first-order valence-electron chi connectivity index (χ1n) is 6.81. The molecule has 1 aromatic carbocycles. The maximum Gasteiger partial charge on any atom is 0.339 e. The predicted molar refractivity (Wildman–Crippen MR) is 93.0 cm³/mol. The molecule has 8 nitrogen and oxygen atoms in total. The highest BCUT2D eigenvalue weighted by molar-refractivity contribution is 7.99. The Bertz CT molecular complexity index is 813. The summed E-state index contributed by atoms with van der Waals surface area (Å²) in [5, 5.41) is 13.9. The largest absolute Gasteiger partial charge is 0.465 e. The number of esters is 1. The van der Waals surface area contributed by atoms with E-state index in [1.807, 2.05) is 0 Å². The SMILES string of the molecule is COC(=O)c1cc(NC(=O)CSc2ccc([N+](=O)[O-])cn2)ccc1Cl. The number of carbonyl (C=O) groups is 2. The Morgan fingerprint density at radius 2 is 2.12 bits per heavy atom. The van der Waals surface area contributed by atoms with Crippen LogP contribution >= 0.6 is 23.4 Å². The number of nitrogens with one attached hydrogen (secondary N) is 1. The van der Waals surface area contributed by atoms with E-state index < -0.39 is 10.9 Å². The van der Waals surface area contributed by atoms with Gasteiger partial charge in [-0.3, -0.25) is 14.9 Å². The van der Waals surface area contributed by atoms with Crippen LogP contribution in [0.3, 0.4) is 0 Å². The highest BCUT2D eigenvalue weighted by Gasteiger charge is 2.13. The molecular weight excluding hydrogens is 370 g/mol. The summed E-state index contributed by atoms with van der Waals surface area (Å²) >= 11 is 7.03. The lowest BCUT2D eigenvalue weighted by Gasteiger charge is -2.08. The predicted octanol–water partition coefficient (Wildman–Crippen LogP) is 3.16. The van der Waals surface area contributed by atoms with Gasteiger partial charge in [0.2, 0.25) is 5.91 Å². The van der Waals surface area contributed by atoms with E-state index in [4.69, 9.17) is 11.6 Å². The molecule has 2 aromatic rings. The first kappa shape index (κ1) is 18.7. The summed E-state index contributed by atoms with van der Waals surface area (Å²) in [5.74, 6) is -0.894. The number of aromatic nitrogens is 1. The Kier molecular flexibility index (Phi) is 6.31. The molecule has 0 spiro atoms. The van der Waals surface area contributed by atoms with Crippen molar-refractivity contribution in [3.05, 3.63) is 57.2 Å². The van der Waals surface area contributed by atoms with Crippen LogP contribution in [0.5, 0.6) is 0 Å². The van der Waals surface area contributed by atoms with Gasteiger partial charge in [0.15, 0.2) is 0 Å². The van der Waals surface area contributed by atoms with Gasteiger partial charge in [-0.25, -0.2) is 9.78 Å². The molecule has 130 valence electrons. The van der Waals surface area contributed by atoms with E-state index in [1.165, 1.54) is 31.4 Å². The molecule has 1 heterocycles. The number of ether oxygens (including phenoxy) is 1. The lowest BCUT2D eigenvalue weighted by molar-refractivity contribution is -0.385. The number of halogens is 1. The maximum atomic E-state index is 12.0. The van der Waals surface area contributed by atoms with Gasteiger partial charge in [0.1, 0.15) is 6.20 Å². The van der Waals surface area contributed by atoms with E-state index in [2.05, 4.69) is 15.0 Å². The summed E-state index contributed by atoms with van der Waals surface area (Å²) in [6.07, 6.45) is 1.13. The van der Waals surface area contributed by atoms with Gasteiger partial charge in [-0.2, -0.15) is 0 Å². The summed E-state index contributed by atoms with van der Waals surface area (Å²) in [6, 6.07) is 7.24. The number of hydrogen-bond acceptors (Lipinski definition) is 7. The molecule has 0 aliphatic rings. The van der Waals surface area contributed by atoms with Gasteiger partial charge < -0.3 is 10.1 Å². The molecule has 0 fully saturated rings. The summed E-state index contributed by atoms with van der Waals surface area (Å²) in [5.41, 5.74) is 0.420. The Morgan fingerprint density at radius 1 is 1.36 bits per heavy atom. The molecule has 1 aromatic heterocycles. The average Bonchev–Trinajstić information content (AvgIpc) is 2.61. The van der Waals surface area contributed by atoms with Crippen molar-refractivity contribution in [2.45, 2.75) is 5.03 Å². The third-order valence-electron chi connectivity index (χ3n) is 2.94. The molecule has 25 heavy (non-hydrogen) atoms. The van der Waals surface area contributed by atoms with Crippen molar-refractivity contribution in [3.63, 3.8) is 0 Å². The number of hydrogen-bond donors (Lipinski definition) is 1. The van der Waals surface area contributed by atoms with E-state index in [9.17, 15) is 19.7 Å². The lowest BCUT2D eigenvalue weighted by atomic mass is 10.2. The molecule has 2 rings (SSSR count). The fraction of sp³-hybridized carbons (Fsp3) is 0.133. The Hall–Kier alpha value is -2.65. The lowest BCUT2D eigenvalue weighted by Crippen LogP contribution is -2.14. The summed E-state index contributed by atoms with van der Waals surface area (Å²) < 4.78 is 4.61. The number of nitrogens with zero attached hydrogens (tertiary/aromatic N) is 2. The van der Waals surface area contributed by atoms with Gasteiger partial charge >= 0.3 is 5.97 Å². The fourth-order valence-electron chi connectivity index (χ4n) is 1.77. The second kappa shape index (κ2) is 8.45. The van der Waals surface area contributed by atoms with Gasteiger partial charge in [0, 0.05) is 11.8 Å². The molecular formula is C15H12ClN3O5S. The number of rotatable bonds is 6. The number of methoxy groups -OCH3 is 1. The number of thioether (sulfide) groups is 1. The smallest absolute Gasteiger partial charge is 0.339 e. The van der Waals surface area contributed by atoms with Crippen molar-refractivity contribution in [1.82, 2.24) is 4.98 Å². The first-order valence-corrected chi connectivity index (χ1v) is 8.18. The minimum atomic E-state index is -0.606. The van der Waals surface area contributed by atoms with Crippen molar-refractivity contribution < 1.29 is 19.2 Å². The number of nitro groups is 1. The number of amides is 1. The maximum absolute atomic E-state index is 12.0. The monoisotopic (exact) mass is 381 g/mol. The van der Waals surface area contributed by atoms with Gasteiger partial charge in [0.05, 0.1) is 33.4 Å². The van der Waals surface area contributed by atoms with Crippen molar-refractivity contribution in [2.24, 2.45) is 0 Å². The number of pyridine rings is 1. The Labute approximate surface area is 151 Å². The molecule has 1 N–H and O–H groups in total.